The first-order valence-corrected chi connectivity index (χ1v) is 9.25. The predicted octanol–water partition coefficient (Wildman–Crippen LogP) is 4.19. The Morgan fingerprint density at radius 1 is 1.10 bits per heavy atom. The van der Waals surface area contributed by atoms with Crippen molar-refractivity contribution in [3.05, 3.63) is 85.7 Å². The molecule has 0 aliphatic carbocycles. The number of hydrogen-bond acceptors (Lipinski definition) is 4. The Hall–Kier alpha value is -3.48. The van der Waals surface area contributed by atoms with Crippen LogP contribution in [-0.4, -0.2) is 26.3 Å². The minimum atomic E-state index is -0.562. The third kappa shape index (κ3) is 4.34. The number of pyridine rings is 1. The molecular formula is C22H23N3O4. The van der Waals surface area contributed by atoms with Crippen LogP contribution in [-0.2, 0) is 6.54 Å². The van der Waals surface area contributed by atoms with Crippen LogP contribution in [0.2, 0.25) is 0 Å². The van der Waals surface area contributed by atoms with Crippen molar-refractivity contribution >= 4 is 22.5 Å². The van der Waals surface area contributed by atoms with Crippen molar-refractivity contribution < 1.29 is 9.72 Å². The molecule has 3 rings (SSSR count). The summed E-state index contributed by atoms with van der Waals surface area (Å²) in [6.45, 7) is 7.73. The van der Waals surface area contributed by atoms with E-state index in [1.54, 1.807) is 11.0 Å². The van der Waals surface area contributed by atoms with Crippen LogP contribution >= 0.6 is 0 Å². The zero-order valence-electron chi connectivity index (χ0n) is 16.9. The van der Waals surface area contributed by atoms with E-state index in [-0.39, 0.29) is 23.7 Å². The monoisotopic (exact) mass is 393 g/mol. The van der Waals surface area contributed by atoms with Gasteiger partial charge in [0, 0.05) is 34.3 Å². The first kappa shape index (κ1) is 20.3. The normalized spacial score (nSPS) is 11.4. The molecule has 3 aromatic rings. The number of H-pyrrole nitrogens is 1. The van der Waals surface area contributed by atoms with E-state index in [0.29, 0.717) is 11.1 Å². The number of aromatic amines is 1. The van der Waals surface area contributed by atoms with Gasteiger partial charge in [0.15, 0.2) is 0 Å². The van der Waals surface area contributed by atoms with Crippen molar-refractivity contribution in [2.24, 2.45) is 0 Å². The van der Waals surface area contributed by atoms with E-state index in [0.717, 1.165) is 16.5 Å². The Bertz CT molecular complexity index is 1140. The Kier molecular flexibility index (Phi) is 5.24. The number of hydrogen-bond donors (Lipinski definition) is 1. The van der Waals surface area contributed by atoms with Crippen molar-refractivity contribution in [3.8, 4) is 0 Å². The number of nitrogens with one attached hydrogen (secondary N) is 1. The highest BCUT2D eigenvalue weighted by molar-refractivity contribution is 5.95. The fourth-order valence-corrected chi connectivity index (χ4v) is 3.14. The number of carbonyl (C=O) groups is 1. The Morgan fingerprint density at radius 2 is 1.76 bits per heavy atom. The molecule has 0 unspecified atom stereocenters. The average molecular weight is 393 g/mol. The standard InChI is InChI=1S/C22H23N3O4/c1-14-5-6-16-12-17(20(26)23-19(16)11-14)13-24(22(2,3)4)21(27)15-7-9-18(10-8-15)25(28)29/h5-12H,13H2,1-4H3,(H,23,26). The van der Waals surface area contributed by atoms with Gasteiger partial charge in [-0.1, -0.05) is 12.1 Å². The number of fused-ring (bicyclic) bond motifs is 1. The quantitative estimate of drug-likeness (QED) is 0.531. The number of aryl methyl sites for hydroxylation is 1. The summed E-state index contributed by atoms with van der Waals surface area (Å²) in [5.74, 6) is -0.296. The summed E-state index contributed by atoms with van der Waals surface area (Å²) in [5, 5.41) is 11.7. The molecule has 2 aromatic carbocycles. The Balaban J connectivity index is 1.98. The second-order valence-corrected chi connectivity index (χ2v) is 8.08. The fraction of sp³-hybridized carbons (Fsp3) is 0.273. The van der Waals surface area contributed by atoms with Gasteiger partial charge in [0.25, 0.3) is 17.2 Å². The molecule has 0 saturated heterocycles. The van der Waals surface area contributed by atoms with Gasteiger partial charge in [0.05, 0.1) is 11.5 Å². The lowest BCUT2D eigenvalue weighted by Gasteiger charge is -2.35. The van der Waals surface area contributed by atoms with Gasteiger partial charge in [-0.05, 0) is 62.9 Å². The van der Waals surface area contributed by atoms with Crippen LogP contribution in [0.15, 0.2) is 53.3 Å². The molecule has 0 bridgehead atoms. The number of non-ortho nitro benzene ring substituents is 1. The zero-order valence-corrected chi connectivity index (χ0v) is 16.9. The maximum atomic E-state index is 13.1. The number of nitro benzene ring substituents is 1. The van der Waals surface area contributed by atoms with Gasteiger partial charge in [-0.2, -0.15) is 0 Å². The molecule has 0 saturated carbocycles. The van der Waals surface area contributed by atoms with Gasteiger partial charge in [-0.15, -0.1) is 0 Å². The zero-order chi connectivity index (χ0) is 21.3. The van der Waals surface area contributed by atoms with Crippen LogP contribution in [0, 0.1) is 17.0 Å². The first-order chi connectivity index (χ1) is 13.6. The molecular weight excluding hydrogens is 370 g/mol. The molecule has 0 spiro atoms. The van der Waals surface area contributed by atoms with Crippen LogP contribution in [0.3, 0.4) is 0 Å². The second-order valence-electron chi connectivity index (χ2n) is 8.08. The van der Waals surface area contributed by atoms with E-state index in [9.17, 15) is 19.7 Å². The van der Waals surface area contributed by atoms with Crippen molar-refractivity contribution in [1.29, 1.82) is 0 Å². The molecule has 0 aliphatic rings. The molecule has 29 heavy (non-hydrogen) atoms. The summed E-state index contributed by atoms with van der Waals surface area (Å²) < 4.78 is 0. The first-order valence-electron chi connectivity index (χ1n) is 9.25. The van der Waals surface area contributed by atoms with Crippen molar-refractivity contribution in [1.82, 2.24) is 9.88 Å². The van der Waals surface area contributed by atoms with Gasteiger partial charge in [-0.25, -0.2) is 0 Å². The van der Waals surface area contributed by atoms with Gasteiger partial charge in [-0.3, -0.25) is 19.7 Å². The summed E-state index contributed by atoms with van der Waals surface area (Å²) in [5.41, 5.74) is 1.73. The van der Waals surface area contributed by atoms with E-state index >= 15 is 0 Å². The van der Waals surface area contributed by atoms with Crippen molar-refractivity contribution in [3.63, 3.8) is 0 Å². The maximum absolute atomic E-state index is 13.1. The van der Waals surface area contributed by atoms with E-state index in [1.165, 1.54) is 24.3 Å². The molecule has 0 fully saturated rings. The topological polar surface area (TPSA) is 96.3 Å². The molecule has 1 N–H and O–H groups in total. The minimum absolute atomic E-state index is 0.0786. The van der Waals surface area contributed by atoms with Gasteiger partial charge in [0.2, 0.25) is 0 Å². The molecule has 1 heterocycles. The summed E-state index contributed by atoms with van der Waals surface area (Å²) >= 11 is 0. The fourth-order valence-electron chi connectivity index (χ4n) is 3.14. The number of nitro groups is 1. The van der Waals surface area contributed by atoms with Crippen molar-refractivity contribution in [2.45, 2.75) is 39.8 Å². The number of amides is 1. The van der Waals surface area contributed by atoms with Crippen LogP contribution in [0.1, 0.15) is 42.3 Å². The molecule has 7 heteroatoms. The van der Waals surface area contributed by atoms with Crippen LogP contribution in [0.4, 0.5) is 5.69 Å². The van der Waals surface area contributed by atoms with Gasteiger partial charge < -0.3 is 9.88 Å². The lowest BCUT2D eigenvalue weighted by Crippen LogP contribution is -2.46. The number of nitrogens with zero attached hydrogens (tertiary/aromatic N) is 2. The Labute approximate surface area is 168 Å². The van der Waals surface area contributed by atoms with Crippen LogP contribution in [0.5, 0.6) is 0 Å². The third-order valence-electron chi connectivity index (χ3n) is 4.79. The average Bonchev–Trinajstić information content (AvgIpc) is 2.65. The van der Waals surface area contributed by atoms with Gasteiger partial charge in [0.1, 0.15) is 0 Å². The third-order valence-corrected chi connectivity index (χ3v) is 4.79. The molecule has 0 aliphatic heterocycles. The molecule has 0 atom stereocenters. The van der Waals surface area contributed by atoms with Crippen LogP contribution < -0.4 is 5.56 Å². The van der Waals surface area contributed by atoms with Gasteiger partial charge >= 0.3 is 0 Å². The van der Waals surface area contributed by atoms with E-state index in [2.05, 4.69) is 4.98 Å². The highest BCUT2D eigenvalue weighted by Gasteiger charge is 2.28. The SMILES string of the molecule is Cc1ccc2cc(CN(C(=O)c3ccc([N+](=O)[O-])cc3)C(C)(C)C)c(=O)[nH]c2c1. The van der Waals surface area contributed by atoms with E-state index in [4.69, 9.17) is 0 Å². The minimum Gasteiger partial charge on any atom is -0.329 e. The number of aromatic nitrogens is 1. The second kappa shape index (κ2) is 7.50. The smallest absolute Gasteiger partial charge is 0.269 e. The molecule has 150 valence electrons. The molecule has 1 amide bonds. The predicted molar refractivity (Wildman–Crippen MR) is 112 cm³/mol. The number of benzene rings is 2. The largest absolute Gasteiger partial charge is 0.329 e. The lowest BCUT2D eigenvalue weighted by atomic mass is 10.0. The van der Waals surface area contributed by atoms with Crippen molar-refractivity contribution in [2.75, 3.05) is 0 Å². The summed E-state index contributed by atoms with van der Waals surface area (Å²) in [6.07, 6.45) is 0. The highest BCUT2D eigenvalue weighted by atomic mass is 16.6. The Morgan fingerprint density at radius 3 is 2.34 bits per heavy atom. The maximum Gasteiger partial charge on any atom is 0.269 e. The molecule has 7 nitrogen and oxygen atoms in total. The molecule has 1 aromatic heterocycles. The van der Waals surface area contributed by atoms with E-state index in [1.807, 2.05) is 45.9 Å². The lowest BCUT2D eigenvalue weighted by molar-refractivity contribution is -0.384. The number of carbonyl (C=O) groups excluding carboxylic acids is 1. The summed E-state index contributed by atoms with van der Waals surface area (Å²) in [7, 11) is 0. The van der Waals surface area contributed by atoms with E-state index < -0.39 is 10.5 Å². The van der Waals surface area contributed by atoms with Crippen LogP contribution in [0.25, 0.3) is 10.9 Å². The summed E-state index contributed by atoms with van der Waals surface area (Å²) in [4.78, 5) is 40.6. The summed E-state index contributed by atoms with van der Waals surface area (Å²) in [6, 6.07) is 13.1. The number of rotatable bonds is 4. The molecule has 0 radical (unpaired) electrons. The highest BCUT2D eigenvalue weighted by Crippen LogP contribution is 2.22.